The molecule has 0 spiro atoms. The van der Waals surface area contributed by atoms with E-state index in [1.807, 2.05) is 31.2 Å². The summed E-state index contributed by atoms with van der Waals surface area (Å²) in [5, 5.41) is 10.4. The van der Waals surface area contributed by atoms with E-state index in [0.717, 1.165) is 31.6 Å². The second-order valence-corrected chi connectivity index (χ2v) is 7.92. The molecule has 2 aliphatic heterocycles. The highest BCUT2D eigenvalue weighted by molar-refractivity contribution is 5.91. The fourth-order valence-corrected chi connectivity index (χ4v) is 4.55. The summed E-state index contributed by atoms with van der Waals surface area (Å²) in [6.07, 6.45) is 6.16. The summed E-state index contributed by atoms with van der Waals surface area (Å²) in [6, 6.07) is 7.90. The van der Waals surface area contributed by atoms with Gasteiger partial charge in [0.05, 0.1) is 24.2 Å². The number of esters is 1. The Morgan fingerprint density at radius 3 is 2.93 bits per heavy atom. The van der Waals surface area contributed by atoms with Crippen LogP contribution in [0.1, 0.15) is 48.7 Å². The van der Waals surface area contributed by atoms with Crippen molar-refractivity contribution in [3.8, 4) is 5.69 Å². The van der Waals surface area contributed by atoms with Gasteiger partial charge in [0, 0.05) is 24.3 Å². The van der Waals surface area contributed by atoms with Gasteiger partial charge in [0.15, 0.2) is 0 Å². The van der Waals surface area contributed by atoms with Crippen LogP contribution in [0.15, 0.2) is 30.5 Å². The highest BCUT2D eigenvalue weighted by Crippen LogP contribution is 2.27. The molecule has 0 bridgehead atoms. The fraction of sp³-hybridized carbons (Fsp3) is 0.500. The molecule has 160 valence electrons. The highest BCUT2D eigenvalue weighted by Gasteiger charge is 2.36. The van der Waals surface area contributed by atoms with E-state index in [0.29, 0.717) is 29.6 Å². The lowest BCUT2D eigenvalue weighted by Crippen LogP contribution is -2.47. The first-order chi connectivity index (χ1) is 14.6. The number of ether oxygens (including phenoxy) is 1. The van der Waals surface area contributed by atoms with E-state index in [9.17, 15) is 9.59 Å². The van der Waals surface area contributed by atoms with Gasteiger partial charge in [-0.3, -0.25) is 4.90 Å². The average Bonchev–Trinajstić information content (AvgIpc) is 3.32. The number of nitrogens with zero attached hydrogens (tertiary/aromatic N) is 3. The number of hydrogen-bond acceptors (Lipinski definition) is 5. The molecule has 0 radical (unpaired) electrons. The predicted molar refractivity (Wildman–Crippen MR) is 114 cm³/mol. The first kappa shape index (κ1) is 20.4. The van der Waals surface area contributed by atoms with Crippen molar-refractivity contribution in [3.05, 3.63) is 41.7 Å². The van der Waals surface area contributed by atoms with Crippen LogP contribution < -0.4 is 10.6 Å². The van der Waals surface area contributed by atoms with Crippen molar-refractivity contribution in [3.63, 3.8) is 0 Å². The van der Waals surface area contributed by atoms with Crippen molar-refractivity contribution in [1.29, 1.82) is 0 Å². The molecule has 8 heteroatoms. The van der Waals surface area contributed by atoms with E-state index in [1.165, 1.54) is 19.0 Å². The Balaban J connectivity index is 1.43. The molecule has 2 unspecified atom stereocenters. The van der Waals surface area contributed by atoms with Crippen LogP contribution in [0.4, 0.5) is 10.5 Å². The molecule has 4 rings (SSSR count). The summed E-state index contributed by atoms with van der Waals surface area (Å²) in [7, 11) is 0. The number of nitrogens with one attached hydrogen (secondary N) is 2. The van der Waals surface area contributed by atoms with Gasteiger partial charge in [-0.1, -0.05) is 12.5 Å². The monoisotopic (exact) mass is 411 g/mol. The SMILES string of the molecule is CCOC(=O)c1cnn(-c2cccc(NC(=O)NC3CCN4CCCCC34)c2)c1C. The van der Waals surface area contributed by atoms with E-state index in [1.54, 1.807) is 11.6 Å². The van der Waals surface area contributed by atoms with E-state index < -0.39 is 0 Å². The minimum atomic E-state index is -0.386. The number of anilines is 1. The first-order valence-corrected chi connectivity index (χ1v) is 10.7. The molecule has 0 saturated carbocycles. The zero-order valence-corrected chi connectivity index (χ0v) is 17.6. The number of hydrogen-bond donors (Lipinski definition) is 2. The quantitative estimate of drug-likeness (QED) is 0.738. The number of benzene rings is 1. The number of aromatic nitrogens is 2. The summed E-state index contributed by atoms with van der Waals surface area (Å²) in [4.78, 5) is 27.1. The minimum Gasteiger partial charge on any atom is -0.462 e. The Bertz CT molecular complexity index is 925. The molecule has 1 aromatic heterocycles. The Morgan fingerprint density at radius 1 is 1.23 bits per heavy atom. The van der Waals surface area contributed by atoms with Crippen LogP contribution in [0.5, 0.6) is 0 Å². The maximum absolute atomic E-state index is 12.6. The van der Waals surface area contributed by atoms with Crippen LogP contribution >= 0.6 is 0 Å². The second-order valence-electron chi connectivity index (χ2n) is 7.92. The largest absolute Gasteiger partial charge is 0.462 e. The number of carbonyl (C=O) groups is 2. The summed E-state index contributed by atoms with van der Waals surface area (Å²) in [5.41, 5.74) is 2.57. The van der Waals surface area contributed by atoms with Gasteiger partial charge in [0.1, 0.15) is 5.56 Å². The summed E-state index contributed by atoms with van der Waals surface area (Å²) < 4.78 is 6.75. The minimum absolute atomic E-state index is 0.186. The zero-order valence-electron chi connectivity index (χ0n) is 17.6. The van der Waals surface area contributed by atoms with Gasteiger partial charge in [0.2, 0.25) is 0 Å². The Hall–Kier alpha value is -2.87. The van der Waals surface area contributed by atoms with Crippen molar-refractivity contribution in [2.75, 3.05) is 25.0 Å². The molecule has 2 amide bonds. The molecular weight excluding hydrogens is 382 g/mol. The standard InChI is InChI=1S/C22H29N5O3/c1-3-30-21(28)18-14-23-27(15(18)2)17-8-6-7-16(13-17)24-22(29)25-19-10-12-26-11-5-4-9-20(19)26/h6-8,13-14,19-20H,3-5,9-12H2,1-2H3,(H2,24,25,29). The molecule has 2 atom stereocenters. The summed E-state index contributed by atoms with van der Waals surface area (Å²) >= 11 is 0. The molecule has 3 heterocycles. The highest BCUT2D eigenvalue weighted by atomic mass is 16.5. The Kier molecular flexibility index (Phi) is 6.03. The Labute approximate surface area is 176 Å². The van der Waals surface area contributed by atoms with Gasteiger partial charge in [-0.05, 0) is 57.9 Å². The van der Waals surface area contributed by atoms with E-state index in [4.69, 9.17) is 4.74 Å². The fourth-order valence-electron chi connectivity index (χ4n) is 4.55. The van der Waals surface area contributed by atoms with Gasteiger partial charge >= 0.3 is 12.0 Å². The molecule has 2 saturated heterocycles. The third-order valence-electron chi connectivity index (χ3n) is 6.03. The summed E-state index contributed by atoms with van der Waals surface area (Å²) in [6.45, 7) is 6.12. The lowest BCUT2D eigenvalue weighted by atomic mass is 9.99. The topological polar surface area (TPSA) is 88.5 Å². The Morgan fingerprint density at radius 2 is 2.10 bits per heavy atom. The number of fused-ring (bicyclic) bond motifs is 1. The van der Waals surface area contributed by atoms with Crippen LogP contribution in [0.2, 0.25) is 0 Å². The molecular formula is C22H29N5O3. The molecule has 2 fully saturated rings. The molecule has 0 aliphatic carbocycles. The van der Waals surface area contributed by atoms with Crippen LogP contribution in [0.3, 0.4) is 0 Å². The van der Waals surface area contributed by atoms with Gasteiger partial charge in [-0.25, -0.2) is 14.3 Å². The van der Waals surface area contributed by atoms with Crippen molar-refractivity contribution in [1.82, 2.24) is 20.0 Å². The normalized spacial score (nSPS) is 21.1. The first-order valence-electron chi connectivity index (χ1n) is 10.7. The number of amides is 2. The van der Waals surface area contributed by atoms with Gasteiger partial charge in [-0.15, -0.1) is 0 Å². The summed E-state index contributed by atoms with van der Waals surface area (Å²) in [5.74, 6) is -0.386. The van der Waals surface area contributed by atoms with Crippen molar-refractivity contribution in [2.24, 2.45) is 0 Å². The number of carbonyl (C=O) groups excluding carboxylic acids is 2. The van der Waals surface area contributed by atoms with Crippen LogP contribution in [-0.4, -0.2) is 58.5 Å². The number of rotatable bonds is 5. The van der Waals surface area contributed by atoms with Crippen molar-refractivity contribution in [2.45, 2.75) is 51.6 Å². The molecule has 1 aromatic carbocycles. The second kappa shape index (κ2) is 8.87. The third kappa shape index (κ3) is 4.18. The zero-order chi connectivity index (χ0) is 21.1. The maximum Gasteiger partial charge on any atom is 0.341 e. The molecule has 2 aliphatic rings. The maximum atomic E-state index is 12.6. The van der Waals surface area contributed by atoms with E-state index in [2.05, 4.69) is 20.6 Å². The van der Waals surface area contributed by atoms with Gasteiger partial charge in [-0.2, -0.15) is 5.10 Å². The van der Waals surface area contributed by atoms with Crippen LogP contribution in [0, 0.1) is 6.92 Å². The molecule has 8 nitrogen and oxygen atoms in total. The third-order valence-corrected chi connectivity index (χ3v) is 6.03. The van der Waals surface area contributed by atoms with Crippen LogP contribution in [-0.2, 0) is 4.74 Å². The van der Waals surface area contributed by atoms with E-state index >= 15 is 0 Å². The molecule has 30 heavy (non-hydrogen) atoms. The lowest BCUT2D eigenvalue weighted by molar-refractivity contribution is 0.0525. The smallest absolute Gasteiger partial charge is 0.341 e. The number of urea groups is 1. The van der Waals surface area contributed by atoms with Gasteiger partial charge < -0.3 is 15.4 Å². The number of piperidine rings is 1. The molecule has 2 N–H and O–H groups in total. The van der Waals surface area contributed by atoms with Crippen molar-refractivity contribution < 1.29 is 14.3 Å². The van der Waals surface area contributed by atoms with Crippen molar-refractivity contribution >= 4 is 17.7 Å². The molecule has 2 aromatic rings. The van der Waals surface area contributed by atoms with E-state index in [-0.39, 0.29) is 18.0 Å². The van der Waals surface area contributed by atoms with Crippen LogP contribution in [0.25, 0.3) is 5.69 Å². The lowest BCUT2D eigenvalue weighted by Gasteiger charge is -2.32. The average molecular weight is 412 g/mol. The van der Waals surface area contributed by atoms with Gasteiger partial charge in [0.25, 0.3) is 0 Å². The predicted octanol–water partition coefficient (Wildman–Crippen LogP) is 3.11.